The number of phenols is 1. The first-order chi connectivity index (χ1) is 38.6. The zero-order chi connectivity index (χ0) is 56.6. The number of fused-ring (bicyclic) bond motifs is 2. The largest absolute Gasteiger partial charge is 0.508 e. The summed E-state index contributed by atoms with van der Waals surface area (Å²) in [5, 5.41) is 36.4. The maximum Gasteiger partial charge on any atom is 0.453 e. The van der Waals surface area contributed by atoms with Crippen molar-refractivity contribution in [2.24, 2.45) is 5.92 Å². The molecule has 6 aromatic carbocycles. The highest BCUT2D eigenvalue weighted by Gasteiger charge is 2.42. The molecule has 0 saturated heterocycles. The Morgan fingerprint density at radius 3 is 1.88 bits per heavy atom. The number of carboxylic acids is 1. The lowest BCUT2D eigenvalue weighted by Gasteiger charge is -2.30. The summed E-state index contributed by atoms with van der Waals surface area (Å²) in [5.41, 5.74) is 3.31. The van der Waals surface area contributed by atoms with Gasteiger partial charge in [-0.2, -0.15) is 0 Å². The van der Waals surface area contributed by atoms with Crippen LogP contribution in [-0.4, -0.2) is 63.4 Å². The van der Waals surface area contributed by atoms with Gasteiger partial charge in [-0.25, -0.2) is 9.36 Å². The van der Waals surface area contributed by atoms with Crippen LogP contribution in [0.2, 0.25) is 0 Å². The van der Waals surface area contributed by atoms with Crippen molar-refractivity contribution in [1.82, 2.24) is 21.3 Å². The van der Waals surface area contributed by atoms with E-state index in [9.17, 15) is 34.2 Å². The number of carboxylic acid groups (broad SMARTS) is 1. The monoisotopic (exact) mass is 1120 g/mol. The van der Waals surface area contributed by atoms with Gasteiger partial charge in [0.05, 0.1) is 5.56 Å². The van der Waals surface area contributed by atoms with Crippen LogP contribution in [-0.2, 0) is 31.8 Å². The quantitative estimate of drug-likeness (QED) is 0.0122. The van der Waals surface area contributed by atoms with E-state index >= 15 is 4.57 Å². The highest BCUT2D eigenvalue weighted by Crippen LogP contribution is 2.53. The van der Waals surface area contributed by atoms with E-state index < -0.39 is 43.2 Å². The van der Waals surface area contributed by atoms with Crippen LogP contribution >= 0.6 is 19.8 Å². The number of carbonyl (C=O) groups excluding carboxylic acids is 3. The van der Waals surface area contributed by atoms with E-state index in [0.29, 0.717) is 53.6 Å². The molecule has 1 unspecified atom stereocenters. The molecule has 3 amide bonds. The van der Waals surface area contributed by atoms with Crippen LogP contribution in [0.25, 0.3) is 33.4 Å². The van der Waals surface area contributed by atoms with Crippen LogP contribution in [0.4, 0.5) is 5.69 Å². The van der Waals surface area contributed by atoms with E-state index in [4.69, 9.17) is 25.7 Å². The van der Waals surface area contributed by atoms with Gasteiger partial charge in [-0.3, -0.25) is 19.2 Å². The van der Waals surface area contributed by atoms with Crippen molar-refractivity contribution in [2.75, 3.05) is 11.9 Å². The maximum absolute atomic E-state index is 15.2. The number of aromatic hydroxyl groups is 1. The molecule has 6 aromatic rings. The molecule has 1 heterocycles. The molecule has 16 nitrogen and oxygen atoms in total. The Hall–Kier alpha value is -8.79. The summed E-state index contributed by atoms with van der Waals surface area (Å²) in [6.07, 6.45) is 2.27. The molecule has 0 saturated carbocycles. The summed E-state index contributed by atoms with van der Waals surface area (Å²) in [5.74, 6) is -3.29. The standard InChI is InChI=1S/C62H62N5O11PS/c1-40(2)34-52(60(72)67-57(36-42-20-10-4-11-21-42)79(75,77-46-22-12-5-13-23-46)78-47-24-14-6-15-25-47)66-59(71)53(35-41-18-8-3-9-19-41)65-56(70)26-16-7-17-33-63-62(80)64-43-27-30-48(51(37-43)61(73)74)58-49-31-28-44(68)38-54(49)76-55-39-45(69)29-32-50(55)58/h3-6,8-15,18-25,27-32,37-40,52-53,57,68H,7,16-17,26,33-36H2,1-2H3,(H,65,70)(H,66,71)(H,67,72)(H,73,74)(H2,63,64,80)/t52-,53-,57?/m0/s1. The zero-order valence-electron chi connectivity index (χ0n) is 44.1. The third-order valence-corrected chi connectivity index (χ3v) is 15.3. The Morgan fingerprint density at radius 2 is 1.25 bits per heavy atom. The first kappa shape index (κ1) is 57.4. The summed E-state index contributed by atoms with van der Waals surface area (Å²) < 4.78 is 33.6. The summed E-state index contributed by atoms with van der Waals surface area (Å²) in [4.78, 5) is 67.6. The van der Waals surface area contributed by atoms with Gasteiger partial charge in [0.15, 0.2) is 16.3 Å². The molecular formula is C62H62N5O11PS. The number of hydrogen-bond acceptors (Lipinski definition) is 11. The number of anilines is 1. The molecular weight excluding hydrogens is 1050 g/mol. The number of benzene rings is 7. The SMILES string of the molecule is CC(C)C[C@H](NC(=O)[C@H](Cc1ccccc1)NC(=O)CCCCCNC(=S)Nc1ccc(-c2c3ccc(=O)cc-3oc3cc(O)ccc23)c(C(=O)O)c1)C(=O)NC(Cc1ccccc1)P(=O)(Oc1ccccc1)Oc1ccccc1. The maximum atomic E-state index is 15.2. The first-order valence-corrected chi connectivity index (χ1v) is 28.3. The molecule has 18 heteroatoms. The second kappa shape index (κ2) is 27.2. The lowest BCUT2D eigenvalue weighted by Crippen LogP contribution is -2.56. The minimum atomic E-state index is -4.30. The second-order valence-corrected chi connectivity index (χ2v) is 22.1. The number of amides is 3. The summed E-state index contributed by atoms with van der Waals surface area (Å²) in [6, 6.07) is 47.1. The molecule has 2 aliphatic rings. The Morgan fingerprint density at radius 1 is 0.650 bits per heavy atom. The number of unbranched alkanes of at least 4 members (excludes halogenated alkanes) is 2. The fourth-order valence-corrected chi connectivity index (χ4v) is 11.2. The van der Waals surface area contributed by atoms with E-state index in [1.807, 2.05) is 74.5 Å². The van der Waals surface area contributed by atoms with Crippen LogP contribution in [0.5, 0.6) is 17.2 Å². The van der Waals surface area contributed by atoms with Gasteiger partial charge in [0.2, 0.25) is 17.7 Å². The Bertz CT molecular complexity index is 3470. The van der Waals surface area contributed by atoms with Crippen molar-refractivity contribution in [3.8, 4) is 39.7 Å². The molecule has 80 heavy (non-hydrogen) atoms. The number of para-hydroxylation sites is 2. The molecule has 1 aliphatic heterocycles. The topological polar surface area (TPSA) is 235 Å². The fraction of sp³-hybridized carbons (Fsp3) is 0.226. The molecule has 0 fully saturated rings. The Labute approximate surface area is 468 Å². The van der Waals surface area contributed by atoms with Crippen LogP contribution in [0.1, 0.15) is 67.4 Å². The van der Waals surface area contributed by atoms with E-state index in [2.05, 4.69) is 26.6 Å². The minimum Gasteiger partial charge on any atom is -0.508 e. The molecule has 7 N–H and O–H groups in total. The van der Waals surface area contributed by atoms with Gasteiger partial charge in [0.1, 0.15) is 40.7 Å². The Kier molecular flexibility index (Phi) is 19.5. The number of rotatable bonds is 25. The molecule has 8 rings (SSSR count). The van der Waals surface area contributed by atoms with Crippen molar-refractivity contribution in [3.05, 3.63) is 203 Å². The van der Waals surface area contributed by atoms with Crippen LogP contribution in [0, 0.1) is 5.92 Å². The van der Waals surface area contributed by atoms with Crippen molar-refractivity contribution < 1.29 is 47.4 Å². The molecule has 412 valence electrons. The van der Waals surface area contributed by atoms with Crippen molar-refractivity contribution in [1.29, 1.82) is 0 Å². The normalized spacial score (nSPS) is 12.4. The molecule has 0 spiro atoms. The van der Waals surface area contributed by atoms with Crippen molar-refractivity contribution in [2.45, 2.75) is 76.7 Å². The minimum absolute atomic E-state index is 0.0374. The zero-order valence-corrected chi connectivity index (χ0v) is 45.8. The average molecular weight is 1120 g/mol. The number of hydrogen-bond donors (Lipinski definition) is 7. The summed E-state index contributed by atoms with van der Waals surface area (Å²) in [7, 11) is -4.30. The highest BCUT2D eigenvalue weighted by molar-refractivity contribution is 7.80. The highest BCUT2D eigenvalue weighted by atomic mass is 32.1. The number of carbonyl (C=O) groups is 4. The molecule has 0 radical (unpaired) electrons. The van der Waals surface area contributed by atoms with Gasteiger partial charge in [-0.15, -0.1) is 0 Å². The number of aromatic carboxylic acids is 1. The Balaban J connectivity index is 0.889. The van der Waals surface area contributed by atoms with Gasteiger partial charge in [-0.05, 0) is 115 Å². The van der Waals surface area contributed by atoms with E-state index in [0.717, 1.165) is 11.1 Å². The lowest BCUT2D eigenvalue weighted by molar-refractivity contribution is -0.132. The van der Waals surface area contributed by atoms with E-state index in [1.54, 1.807) is 84.9 Å². The predicted octanol–water partition coefficient (Wildman–Crippen LogP) is 11.1. The third kappa shape index (κ3) is 15.7. The predicted molar refractivity (Wildman–Crippen MR) is 313 cm³/mol. The third-order valence-electron chi connectivity index (χ3n) is 13.0. The van der Waals surface area contributed by atoms with Crippen molar-refractivity contribution in [3.63, 3.8) is 0 Å². The number of phenolic OH excluding ortho intramolecular Hbond substituents is 1. The summed E-state index contributed by atoms with van der Waals surface area (Å²) >= 11 is 5.56. The molecule has 1 aliphatic carbocycles. The van der Waals surface area contributed by atoms with Crippen LogP contribution in [0.15, 0.2) is 185 Å². The van der Waals surface area contributed by atoms with Crippen LogP contribution < -0.4 is 41.1 Å². The van der Waals surface area contributed by atoms with Gasteiger partial charge in [0.25, 0.3) is 0 Å². The number of thiocarbonyl (C=S) groups is 1. The van der Waals surface area contributed by atoms with Gasteiger partial charge < -0.3 is 50.3 Å². The van der Waals surface area contributed by atoms with Gasteiger partial charge in [0, 0.05) is 60.1 Å². The molecule has 0 bridgehead atoms. The second-order valence-electron chi connectivity index (χ2n) is 19.6. The molecule has 0 aromatic heterocycles. The fourth-order valence-electron chi connectivity index (χ4n) is 9.18. The van der Waals surface area contributed by atoms with Crippen molar-refractivity contribution >= 4 is 65.3 Å². The van der Waals surface area contributed by atoms with E-state index in [-0.39, 0.29) is 82.2 Å². The molecule has 3 atom stereocenters. The summed E-state index contributed by atoms with van der Waals surface area (Å²) in [6.45, 7) is 4.28. The van der Waals surface area contributed by atoms with Crippen LogP contribution in [0.3, 0.4) is 0 Å². The lowest BCUT2D eigenvalue weighted by atomic mass is 9.90. The average Bonchev–Trinajstić information content (AvgIpc) is 3.62. The smallest absolute Gasteiger partial charge is 0.453 e. The first-order valence-electron chi connectivity index (χ1n) is 26.3. The van der Waals surface area contributed by atoms with E-state index in [1.165, 1.54) is 30.3 Å². The van der Waals surface area contributed by atoms with Gasteiger partial charge >= 0.3 is 13.6 Å². The van der Waals surface area contributed by atoms with Gasteiger partial charge in [-0.1, -0.05) is 123 Å². The number of nitrogens with one attached hydrogen (secondary N) is 5.